The van der Waals surface area contributed by atoms with Crippen molar-refractivity contribution in [3.05, 3.63) is 69.8 Å². The summed E-state index contributed by atoms with van der Waals surface area (Å²) in [7, 11) is 0. The maximum atomic E-state index is 13.5. The molecule has 0 bridgehead atoms. The SMILES string of the molecule is CC1(c2cccc(-n3c4nc(Nc5ccc6c(c5)CCNC6)ncc4c(=O)n3CC(F)(F)F)n2)CC1. The minimum Gasteiger partial charge on any atom is -0.324 e. The Morgan fingerprint density at radius 3 is 2.75 bits per heavy atom. The van der Waals surface area contributed by atoms with Gasteiger partial charge in [0.15, 0.2) is 11.5 Å². The van der Waals surface area contributed by atoms with Crippen LogP contribution in [0.15, 0.2) is 47.4 Å². The third-order valence-corrected chi connectivity index (χ3v) is 6.92. The predicted molar refractivity (Wildman–Crippen MR) is 129 cm³/mol. The van der Waals surface area contributed by atoms with E-state index in [0.29, 0.717) is 4.68 Å². The molecule has 4 aromatic rings. The van der Waals surface area contributed by atoms with Crippen LogP contribution in [0.25, 0.3) is 16.9 Å². The first-order chi connectivity index (χ1) is 17.2. The molecule has 3 aromatic heterocycles. The van der Waals surface area contributed by atoms with E-state index in [0.717, 1.165) is 48.4 Å². The fraction of sp³-hybridized carbons (Fsp3) is 0.360. The maximum absolute atomic E-state index is 13.5. The first-order valence-electron chi connectivity index (χ1n) is 11.8. The van der Waals surface area contributed by atoms with Gasteiger partial charge in [0.1, 0.15) is 11.9 Å². The lowest BCUT2D eigenvalue weighted by molar-refractivity contribution is -0.144. The molecule has 11 heteroatoms. The quantitative estimate of drug-likeness (QED) is 0.436. The number of fused-ring (bicyclic) bond motifs is 2. The van der Waals surface area contributed by atoms with Crippen LogP contribution in [0.2, 0.25) is 0 Å². The normalized spacial score (nSPS) is 16.7. The minimum absolute atomic E-state index is 0.00819. The largest absolute Gasteiger partial charge is 0.408 e. The highest BCUT2D eigenvalue weighted by Crippen LogP contribution is 2.46. The highest BCUT2D eigenvalue weighted by atomic mass is 19.4. The van der Waals surface area contributed by atoms with Gasteiger partial charge in [-0.15, -0.1) is 0 Å². The van der Waals surface area contributed by atoms with Crippen LogP contribution in [-0.4, -0.2) is 37.0 Å². The third-order valence-electron chi connectivity index (χ3n) is 6.92. The lowest BCUT2D eigenvalue weighted by Gasteiger charge is -2.18. The van der Waals surface area contributed by atoms with Crippen molar-refractivity contribution in [3.63, 3.8) is 0 Å². The monoisotopic (exact) mass is 495 g/mol. The van der Waals surface area contributed by atoms with Gasteiger partial charge in [-0.1, -0.05) is 19.1 Å². The number of halogens is 3. The van der Waals surface area contributed by atoms with Gasteiger partial charge in [0, 0.05) is 29.5 Å². The standard InChI is InChI=1S/C25H24F3N7O/c1-24(8-9-24)19-3-2-4-20(32-19)35-21-18(22(36)34(35)14-25(26,27)28)13-30-23(33-21)31-17-6-5-16-12-29-10-7-15(16)11-17/h2-6,11,13,29H,7-10,12,14H2,1H3,(H,30,31,33). The van der Waals surface area contributed by atoms with Gasteiger partial charge in [0.05, 0.1) is 0 Å². The Kier molecular flexibility index (Phi) is 5.15. The molecule has 1 aliphatic carbocycles. The van der Waals surface area contributed by atoms with E-state index in [1.54, 1.807) is 12.1 Å². The molecule has 1 aromatic carbocycles. The number of nitrogens with one attached hydrogen (secondary N) is 2. The third kappa shape index (κ3) is 4.13. The van der Waals surface area contributed by atoms with Crippen LogP contribution < -0.4 is 16.2 Å². The summed E-state index contributed by atoms with van der Waals surface area (Å²) in [6.07, 6.45) is -0.532. The summed E-state index contributed by atoms with van der Waals surface area (Å²) in [6, 6.07) is 11.1. The van der Waals surface area contributed by atoms with Crippen LogP contribution in [-0.2, 0) is 24.9 Å². The molecular formula is C25H24F3N7O. The molecule has 0 atom stereocenters. The second kappa shape index (κ2) is 8.16. The number of hydrogen-bond donors (Lipinski definition) is 2. The van der Waals surface area contributed by atoms with Crippen LogP contribution in [0.3, 0.4) is 0 Å². The minimum atomic E-state index is -4.61. The Hall–Kier alpha value is -3.73. The van der Waals surface area contributed by atoms with Gasteiger partial charge < -0.3 is 10.6 Å². The summed E-state index contributed by atoms with van der Waals surface area (Å²) in [5.41, 5.74) is 3.12. The van der Waals surface area contributed by atoms with Gasteiger partial charge in [0.25, 0.3) is 5.56 Å². The van der Waals surface area contributed by atoms with Crippen molar-refractivity contribution >= 4 is 22.7 Å². The zero-order valence-electron chi connectivity index (χ0n) is 19.6. The number of aromatic nitrogens is 5. The van der Waals surface area contributed by atoms with Crippen LogP contribution in [0.1, 0.15) is 36.6 Å². The van der Waals surface area contributed by atoms with E-state index in [2.05, 4.69) is 32.5 Å². The van der Waals surface area contributed by atoms with Crippen LogP contribution in [0.5, 0.6) is 0 Å². The number of nitrogens with zero attached hydrogens (tertiary/aromatic N) is 5. The predicted octanol–water partition coefficient (Wildman–Crippen LogP) is 3.98. The molecule has 0 amide bonds. The molecule has 8 nitrogen and oxygen atoms in total. The molecule has 36 heavy (non-hydrogen) atoms. The zero-order chi connectivity index (χ0) is 25.1. The summed E-state index contributed by atoms with van der Waals surface area (Å²) < 4.78 is 42.2. The molecule has 1 aliphatic heterocycles. The van der Waals surface area contributed by atoms with E-state index in [4.69, 9.17) is 0 Å². The Balaban J connectivity index is 1.47. The number of pyridine rings is 1. The van der Waals surface area contributed by atoms with Gasteiger partial charge in [-0.05, 0) is 61.2 Å². The van der Waals surface area contributed by atoms with Crippen LogP contribution >= 0.6 is 0 Å². The molecule has 1 fully saturated rings. The molecule has 4 heterocycles. The molecule has 1 saturated carbocycles. The van der Waals surface area contributed by atoms with Gasteiger partial charge in [-0.25, -0.2) is 19.3 Å². The van der Waals surface area contributed by atoms with Crippen LogP contribution in [0, 0.1) is 0 Å². The average molecular weight is 496 g/mol. The molecule has 0 radical (unpaired) electrons. The fourth-order valence-electron chi connectivity index (χ4n) is 4.64. The van der Waals surface area contributed by atoms with Gasteiger partial charge >= 0.3 is 6.18 Å². The van der Waals surface area contributed by atoms with E-state index in [-0.39, 0.29) is 28.2 Å². The summed E-state index contributed by atoms with van der Waals surface area (Å²) in [6.45, 7) is 2.30. The first kappa shape index (κ1) is 22.7. The molecule has 0 unspecified atom stereocenters. The molecule has 6 rings (SSSR count). The van der Waals surface area contributed by atoms with E-state index in [9.17, 15) is 18.0 Å². The summed E-state index contributed by atoms with van der Waals surface area (Å²) in [5.74, 6) is 0.391. The topological polar surface area (TPSA) is 89.7 Å². The van der Waals surface area contributed by atoms with Crippen molar-refractivity contribution in [1.29, 1.82) is 0 Å². The Morgan fingerprint density at radius 1 is 1.14 bits per heavy atom. The van der Waals surface area contributed by atoms with Crippen molar-refractivity contribution in [1.82, 2.24) is 29.6 Å². The number of anilines is 2. The van der Waals surface area contributed by atoms with Crippen molar-refractivity contribution in [2.45, 2.75) is 50.9 Å². The lowest BCUT2D eigenvalue weighted by Crippen LogP contribution is -2.30. The smallest absolute Gasteiger partial charge is 0.324 e. The maximum Gasteiger partial charge on any atom is 0.408 e. The van der Waals surface area contributed by atoms with Crippen molar-refractivity contribution in [2.75, 3.05) is 11.9 Å². The number of alkyl halides is 3. The van der Waals surface area contributed by atoms with E-state index >= 15 is 0 Å². The van der Waals surface area contributed by atoms with Crippen molar-refractivity contribution < 1.29 is 13.2 Å². The van der Waals surface area contributed by atoms with E-state index in [1.165, 1.54) is 17.3 Å². The molecule has 0 saturated heterocycles. The van der Waals surface area contributed by atoms with Gasteiger partial charge in [-0.2, -0.15) is 18.2 Å². The fourth-order valence-corrected chi connectivity index (χ4v) is 4.64. The van der Waals surface area contributed by atoms with Crippen molar-refractivity contribution in [3.8, 4) is 5.82 Å². The molecule has 0 spiro atoms. The Bertz CT molecular complexity index is 1540. The highest BCUT2D eigenvalue weighted by Gasteiger charge is 2.40. The molecular weight excluding hydrogens is 471 g/mol. The number of benzene rings is 1. The lowest BCUT2D eigenvalue weighted by atomic mass is 10.0. The summed E-state index contributed by atoms with van der Waals surface area (Å²) in [4.78, 5) is 26.4. The summed E-state index contributed by atoms with van der Waals surface area (Å²) in [5, 5.41) is 6.46. The Labute approximate surface area is 204 Å². The van der Waals surface area contributed by atoms with E-state index < -0.39 is 18.3 Å². The average Bonchev–Trinajstić information content (AvgIpc) is 3.55. The molecule has 2 aliphatic rings. The molecule has 186 valence electrons. The van der Waals surface area contributed by atoms with E-state index in [1.807, 2.05) is 24.3 Å². The van der Waals surface area contributed by atoms with Gasteiger partial charge in [0.2, 0.25) is 5.95 Å². The summed E-state index contributed by atoms with van der Waals surface area (Å²) >= 11 is 0. The Morgan fingerprint density at radius 2 is 1.97 bits per heavy atom. The number of rotatable bonds is 5. The second-order valence-electron chi connectivity index (χ2n) is 9.70. The second-order valence-corrected chi connectivity index (χ2v) is 9.70. The zero-order valence-corrected chi connectivity index (χ0v) is 19.6. The van der Waals surface area contributed by atoms with Gasteiger partial charge in [-0.3, -0.25) is 4.79 Å². The highest BCUT2D eigenvalue weighted by molar-refractivity contribution is 5.77. The van der Waals surface area contributed by atoms with Crippen molar-refractivity contribution in [2.24, 2.45) is 0 Å². The number of hydrogen-bond acceptors (Lipinski definition) is 6. The van der Waals surface area contributed by atoms with Crippen LogP contribution in [0.4, 0.5) is 24.8 Å². The molecule has 2 N–H and O–H groups in total. The first-order valence-corrected chi connectivity index (χ1v) is 11.8.